The molecule has 2 heterocycles. The van der Waals surface area contributed by atoms with Gasteiger partial charge in [-0.15, -0.1) is 0 Å². The molecule has 2 aromatic heterocycles. The molecule has 2 aromatic rings. The van der Waals surface area contributed by atoms with Gasteiger partial charge in [0, 0.05) is 30.7 Å². The minimum absolute atomic E-state index is 0.520. The largest absolute Gasteiger partial charge is 0.388 e. The van der Waals surface area contributed by atoms with Gasteiger partial charge in [-0.3, -0.25) is 9.97 Å². The lowest BCUT2D eigenvalue weighted by molar-refractivity contribution is 0.176. The van der Waals surface area contributed by atoms with E-state index in [0.717, 1.165) is 23.2 Å². The molecule has 1 unspecified atom stereocenters. The van der Waals surface area contributed by atoms with Crippen LogP contribution >= 0.6 is 0 Å². The van der Waals surface area contributed by atoms with Gasteiger partial charge in [-0.1, -0.05) is 13.0 Å². The number of pyridine rings is 2. The Morgan fingerprint density at radius 3 is 2.67 bits per heavy atom. The van der Waals surface area contributed by atoms with Crippen molar-refractivity contribution in [2.75, 3.05) is 0 Å². The highest BCUT2D eigenvalue weighted by atomic mass is 16.3. The summed E-state index contributed by atoms with van der Waals surface area (Å²) in [5.74, 6) is 0. The van der Waals surface area contributed by atoms with Gasteiger partial charge in [-0.2, -0.15) is 0 Å². The third-order valence-electron chi connectivity index (χ3n) is 3.12. The van der Waals surface area contributed by atoms with Gasteiger partial charge in [0.15, 0.2) is 0 Å². The molecular formula is C15H18N2O. The van der Waals surface area contributed by atoms with E-state index in [1.165, 1.54) is 5.56 Å². The maximum atomic E-state index is 10.2. The van der Waals surface area contributed by atoms with E-state index in [1.54, 1.807) is 12.4 Å². The molecule has 0 saturated carbocycles. The monoisotopic (exact) mass is 242 g/mol. The first-order valence-corrected chi connectivity index (χ1v) is 6.23. The highest BCUT2D eigenvalue weighted by Gasteiger charge is 2.11. The number of aliphatic hydroxyl groups excluding tert-OH is 1. The van der Waals surface area contributed by atoms with Crippen molar-refractivity contribution >= 4 is 0 Å². The number of nitrogens with zero attached hydrogens (tertiary/aromatic N) is 2. The molecule has 0 bridgehead atoms. The van der Waals surface area contributed by atoms with Crippen LogP contribution in [-0.4, -0.2) is 15.1 Å². The van der Waals surface area contributed by atoms with E-state index in [1.807, 2.05) is 25.3 Å². The van der Waals surface area contributed by atoms with E-state index in [0.29, 0.717) is 6.42 Å². The Morgan fingerprint density at radius 2 is 2.06 bits per heavy atom. The second kappa shape index (κ2) is 5.74. The van der Waals surface area contributed by atoms with Crippen molar-refractivity contribution in [3.63, 3.8) is 0 Å². The van der Waals surface area contributed by atoms with Crippen LogP contribution in [0.25, 0.3) is 0 Å². The van der Waals surface area contributed by atoms with Crippen LogP contribution in [0.1, 0.15) is 35.4 Å². The molecule has 0 spiro atoms. The Kier molecular flexibility index (Phi) is 4.05. The maximum absolute atomic E-state index is 10.2. The molecule has 2 rings (SSSR count). The van der Waals surface area contributed by atoms with Crippen molar-refractivity contribution < 1.29 is 5.11 Å². The van der Waals surface area contributed by atoms with E-state index in [4.69, 9.17) is 0 Å². The summed E-state index contributed by atoms with van der Waals surface area (Å²) in [6.07, 6.45) is 6.36. The van der Waals surface area contributed by atoms with Gasteiger partial charge in [0.2, 0.25) is 0 Å². The summed E-state index contributed by atoms with van der Waals surface area (Å²) in [5.41, 5.74) is 4.06. The topological polar surface area (TPSA) is 46.0 Å². The summed E-state index contributed by atoms with van der Waals surface area (Å²) < 4.78 is 0. The van der Waals surface area contributed by atoms with Crippen LogP contribution in [0.4, 0.5) is 0 Å². The summed E-state index contributed by atoms with van der Waals surface area (Å²) in [4.78, 5) is 8.40. The molecule has 3 nitrogen and oxygen atoms in total. The third kappa shape index (κ3) is 2.93. The lowest BCUT2D eigenvalue weighted by Crippen LogP contribution is -2.05. The number of hydrogen-bond acceptors (Lipinski definition) is 3. The second-order valence-electron chi connectivity index (χ2n) is 4.46. The highest BCUT2D eigenvalue weighted by molar-refractivity contribution is 5.25. The molecule has 3 heteroatoms. The molecule has 0 amide bonds. The summed E-state index contributed by atoms with van der Waals surface area (Å²) in [5, 5.41) is 10.2. The fourth-order valence-electron chi connectivity index (χ4n) is 1.95. The van der Waals surface area contributed by atoms with Crippen LogP contribution in [-0.2, 0) is 12.8 Å². The Hall–Kier alpha value is -1.74. The van der Waals surface area contributed by atoms with Crippen molar-refractivity contribution in [3.05, 3.63) is 59.2 Å². The zero-order valence-corrected chi connectivity index (χ0v) is 10.8. The highest BCUT2D eigenvalue weighted by Crippen LogP contribution is 2.19. The SMILES string of the molecule is CCc1ccc(CC(O)c2ccncc2C)nc1. The first-order chi connectivity index (χ1) is 8.70. The fraction of sp³-hybridized carbons (Fsp3) is 0.333. The summed E-state index contributed by atoms with van der Waals surface area (Å²) in [7, 11) is 0. The van der Waals surface area contributed by atoms with Gasteiger partial charge in [-0.05, 0) is 42.2 Å². The minimum Gasteiger partial charge on any atom is -0.388 e. The van der Waals surface area contributed by atoms with Crippen molar-refractivity contribution in [3.8, 4) is 0 Å². The van der Waals surface area contributed by atoms with Crippen LogP contribution in [0.3, 0.4) is 0 Å². The quantitative estimate of drug-likeness (QED) is 0.896. The summed E-state index contributed by atoms with van der Waals surface area (Å²) in [6, 6.07) is 5.91. The first-order valence-electron chi connectivity index (χ1n) is 6.23. The van der Waals surface area contributed by atoms with Crippen molar-refractivity contribution in [2.45, 2.75) is 32.8 Å². The molecule has 94 valence electrons. The predicted octanol–water partition coefficient (Wildman–Crippen LogP) is 2.62. The molecular weight excluding hydrogens is 224 g/mol. The molecule has 1 atom stereocenters. The third-order valence-corrected chi connectivity index (χ3v) is 3.12. The number of hydrogen-bond donors (Lipinski definition) is 1. The van der Waals surface area contributed by atoms with Gasteiger partial charge >= 0.3 is 0 Å². The zero-order chi connectivity index (χ0) is 13.0. The molecule has 18 heavy (non-hydrogen) atoms. The van der Waals surface area contributed by atoms with Crippen molar-refractivity contribution in [1.29, 1.82) is 0 Å². The molecule has 0 aromatic carbocycles. The Balaban J connectivity index is 2.11. The van der Waals surface area contributed by atoms with E-state index in [-0.39, 0.29) is 0 Å². The smallest absolute Gasteiger partial charge is 0.0849 e. The van der Waals surface area contributed by atoms with Crippen molar-refractivity contribution in [2.24, 2.45) is 0 Å². The lowest BCUT2D eigenvalue weighted by Gasteiger charge is -2.12. The first kappa shape index (κ1) is 12.7. The van der Waals surface area contributed by atoms with Crippen molar-refractivity contribution in [1.82, 2.24) is 9.97 Å². The van der Waals surface area contributed by atoms with Gasteiger partial charge in [0.25, 0.3) is 0 Å². The maximum Gasteiger partial charge on any atom is 0.0849 e. The van der Waals surface area contributed by atoms with E-state index >= 15 is 0 Å². The number of rotatable bonds is 4. The zero-order valence-electron chi connectivity index (χ0n) is 10.8. The molecule has 0 saturated heterocycles. The van der Waals surface area contributed by atoms with E-state index in [2.05, 4.69) is 23.0 Å². The molecule has 0 aliphatic rings. The molecule has 0 aliphatic heterocycles. The second-order valence-corrected chi connectivity index (χ2v) is 4.46. The van der Waals surface area contributed by atoms with Gasteiger partial charge in [-0.25, -0.2) is 0 Å². The van der Waals surface area contributed by atoms with Crippen LogP contribution in [0, 0.1) is 6.92 Å². The average molecular weight is 242 g/mol. The average Bonchev–Trinajstić information content (AvgIpc) is 2.40. The van der Waals surface area contributed by atoms with Crippen LogP contribution in [0.2, 0.25) is 0 Å². The predicted molar refractivity (Wildman–Crippen MR) is 71.3 cm³/mol. The Labute approximate surface area is 108 Å². The normalized spacial score (nSPS) is 12.4. The lowest BCUT2D eigenvalue weighted by atomic mass is 10.0. The fourth-order valence-corrected chi connectivity index (χ4v) is 1.95. The number of aryl methyl sites for hydroxylation is 2. The summed E-state index contributed by atoms with van der Waals surface area (Å²) >= 11 is 0. The molecule has 0 aliphatic carbocycles. The molecule has 1 N–H and O–H groups in total. The van der Waals surface area contributed by atoms with Crippen LogP contribution in [0.15, 0.2) is 36.8 Å². The van der Waals surface area contributed by atoms with Gasteiger partial charge in [0.1, 0.15) is 0 Å². The Morgan fingerprint density at radius 1 is 1.22 bits per heavy atom. The minimum atomic E-state index is -0.520. The molecule has 0 radical (unpaired) electrons. The summed E-state index contributed by atoms with van der Waals surface area (Å²) in [6.45, 7) is 4.06. The van der Waals surface area contributed by atoms with Gasteiger partial charge in [0.05, 0.1) is 6.10 Å². The number of aromatic nitrogens is 2. The Bertz CT molecular complexity index is 508. The van der Waals surface area contributed by atoms with Gasteiger partial charge < -0.3 is 5.11 Å². The van der Waals surface area contributed by atoms with Crippen LogP contribution < -0.4 is 0 Å². The standard InChI is InChI=1S/C15H18N2O/c1-3-12-4-5-13(17-10-12)8-15(18)14-6-7-16-9-11(14)2/h4-7,9-10,15,18H,3,8H2,1-2H3. The van der Waals surface area contributed by atoms with E-state index in [9.17, 15) is 5.11 Å². The van der Waals surface area contributed by atoms with E-state index < -0.39 is 6.10 Å². The number of aliphatic hydroxyl groups is 1. The molecule has 0 fully saturated rings. The van der Waals surface area contributed by atoms with Crippen LogP contribution in [0.5, 0.6) is 0 Å².